The van der Waals surface area contributed by atoms with Crippen LogP contribution in [0.1, 0.15) is 23.1 Å². The van der Waals surface area contributed by atoms with E-state index < -0.39 is 0 Å². The van der Waals surface area contributed by atoms with Crippen LogP contribution in [0.25, 0.3) is 0 Å². The van der Waals surface area contributed by atoms with Crippen LogP contribution in [0.2, 0.25) is 0 Å². The number of aryl methyl sites for hydroxylation is 1. The number of amides is 2. The molecular weight excluding hydrogens is 330 g/mol. The molecule has 6 heteroatoms. The van der Waals surface area contributed by atoms with Gasteiger partial charge in [0.1, 0.15) is 11.5 Å². The van der Waals surface area contributed by atoms with Gasteiger partial charge in [-0.1, -0.05) is 30.3 Å². The third-order valence-electron chi connectivity index (χ3n) is 4.63. The molecule has 6 nitrogen and oxygen atoms in total. The third kappa shape index (κ3) is 4.86. The summed E-state index contributed by atoms with van der Waals surface area (Å²) in [5, 5.41) is 3.05. The quantitative estimate of drug-likeness (QED) is 0.864. The number of rotatable bonds is 6. The van der Waals surface area contributed by atoms with Gasteiger partial charge in [-0.2, -0.15) is 0 Å². The highest BCUT2D eigenvalue weighted by atomic mass is 16.5. The highest BCUT2D eigenvalue weighted by Gasteiger charge is 2.26. The summed E-state index contributed by atoms with van der Waals surface area (Å²) in [6, 6.07) is 13.9. The van der Waals surface area contributed by atoms with E-state index in [2.05, 4.69) is 10.2 Å². The molecule has 0 spiro atoms. The lowest BCUT2D eigenvalue weighted by Crippen LogP contribution is -2.45. The first-order chi connectivity index (χ1) is 12.6. The molecule has 140 valence electrons. The molecule has 1 atom stereocenters. The molecular formula is C20H27N3O3. The highest BCUT2D eigenvalue weighted by Crippen LogP contribution is 2.23. The molecule has 2 amide bonds. The molecule has 0 saturated carbocycles. The van der Waals surface area contributed by atoms with E-state index in [1.54, 1.807) is 4.90 Å². The van der Waals surface area contributed by atoms with E-state index in [0.29, 0.717) is 26.3 Å². The van der Waals surface area contributed by atoms with Gasteiger partial charge in [0, 0.05) is 33.2 Å². The van der Waals surface area contributed by atoms with Gasteiger partial charge in [0.2, 0.25) is 0 Å². The van der Waals surface area contributed by atoms with Crippen molar-refractivity contribution < 1.29 is 13.9 Å². The summed E-state index contributed by atoms with van der Waals surface area (Å²) >= 11 is 0. The number of carbonyl (C=O) groups excluding carboxylic acids is 1. The molecule has 2 aromatic rings. The van der Waals surface area contributed by atoms with Gasteiger partial charge >= 0.3 is 6.03 Å². The number of nitrogens with zero attached hydrogens (tertiary/aromatic N) is 2. The number of hydrogen-bond donors (Lipinski definition) is 1. The minimum atomic E-state index is -0.0876. The number of nitrogens with one attached hydrogen (secondary N) is 1. The lowest BCUT2D eigenvalue weighted by molar-refractivity contribution is 0.0119. The Kier molecular flexibility index (Phi) is 6.30. The largest absolute Gasteiger partial charge is 0.465 e. The molecule has 0 radical (unpaired) electrons. The maximum absolute atomic E-state index is 12.5. The molecule has 1 saturated heterocycles. The monoisotopic (exact) mass is 357 g/mol. The fraction of sp³-hybridized carbons (Fsp3) is 0.450. The molecule has 1 aliphatic heterocycles. The van der Waals surface area contributed by atoms with E-state index in [4.69, 9.17) is 9.15 Å². The van der Waals surface area contributed by atoms with Crippen LogP contribution >= 0.6 is 0 Å². The second kappa shape index (κ2) is 8.87. The van der Waals surface area contributed by atoms with Crippen LogP contribution in [0, 0.1) is 6.92 Å². The number of ether oxygens (including phenoxy) is 1. The van der Waals surface area contributed by atoms with Gasteiger partial charge in [-0.3, -0.25) is 4.90 Å². The zero-order chi connectivity index (χ0) is 18.4. The van der Waals surface area contributed by atoms with Crippen molar-refractivity contribution in [2.24, 2.45) is 0 Å². The summed E-state index contributed by atoms with van der Waals surface area (Å²) in [5.74, 6) is 1.76. The van der Waals surface area contributed by atoms with E-state index in [1.165, 1.54) is 0 Å². The number of hydrogen-bond acceptors (Lipinski definition) is 4. The molecule has 0 bridgehead atoms. The third-order valence-corrected chi connectivity index (χ3v) is 4.63. The minimum absolute atomic E-state index is 0.0154. The van der Waals surface area contributed by atoms with E-state index in [-0.39, 0.29) is 12.1 Å². The second-order valence-corrected chi connectivity index (χ2v) is 6.64. The fourth-order valence-corrected chi connectivity index (χ4v) is 3.18. The van der Waals surface area contributed by atoms with Crippen LogP contribution < -0.4 is 5.32 Å². The molecule has 1 N–H and O–H groups in total. The molecule has 1 aliphatic rings. The molecule has 2 heterocycles. The van der Waals surface area contributed by atoms with Crippen molar-refractivity contribution in [3.63, 3.8) is 0 Å². The van der Waals surface area contributed by atoms with Gasteiger partial charge in [0.05, 0.1) is 19.3 Å². The lowest BCUT2D eigenvalue weighted by atomic mass is 10.1. The lowest BCUT2D eigenvalue weighted by Gasteiger charge is -2.33. The normalized spacial score (nSPS) is 16.2. The van der Waals surface area contributed by atoms with Gasteiger partial charge in [-0.05, 0) is 24.6 Å². The van der Waals surface area contributed by atoms with Crippen molar-refractivity contribution in [1.29, 1.82) is 0 Å². The summed E-state index contributed by atoms with van der Waals surface area (Å²) in [7, 11) is 1.81. The summed E-state index contributed by atoms with van der Waals surface area (Å²) in [6.07, 6.45) is 0. The van der Waals surface area contributed by atoms with Crippen molar-refractivity contribution in [3.05, 3.63) is 59.5 Å². The molecule has 1 fully saturated rings. The zero-order valence-electron chi connectivity index (χ0n) is 15.5. The average Bonchev–Trinajstić information content (AvgIpc) is 3.09. The first kappa shape index (κ1) is 18.5. The predicted octanol–water partition coefficient (Wildman–Crippen LogP) is 2.80. The Morgan fingerprint density at radius 3 is 2.58 bits per heavy atom. The van der Waals surface area contributed by atoms with E-state index in [9.17, 15) is 4.79 Å². The Labute approximate surface area is 154 Å². The summed E-state index contributed by atoms with van der Waals surface area (Å²) in [4.78, 5) is 16.5. The number of urea groups is 1. The highest BCUT2D eigenvalue weighted by molar-refractivity contribution is 5.73. The number of morpholine rings is 1. The van der Waals surface area contributed by atoms with Crippen LogP contribution in [0.4, 0.5) is 4.79 Å². The van der Waals surface area contributed by atoms with E-state index in [0.717, 1.165) is 30.2 Å². The fourth-order valence-electron chi connectivity index (χ4n) is 3.18. The average molecular weight is 357 g/mol. The zero-order valence-corrected chi connectivity index (χ0v) is 15.5. The van der Waals surface area contributed by atoms with Gasteiger partial charge in [-0.25, -0.2) is 4.79 Å². The van der Waals surface area contributed by atoms with E-state index in [1.807, 2.05) is 56.4 Å². The van der Waals surface area contributed by atoms with Crippen LogP contribution in [0.15, 0.2) is 46.9 Å². The maximum Gasteiger partial charge on any atom is 0.317 e. The van der Waals surface area contributed by atoms with Crippen LogP contribution in [0.3, 0.4) is 0 Å². The Morgan fingerprint density at radius 1 is 1.19 bits per heavy atom. The maximum atomic E-state index is 12.5. The van der Waals surface area contributed by atoms with Gasteiger partial charge in [0.15, 0.2) is 0 Å². The molecule has 1 aromatic heterocycles. The Balaban J connectivity index is 1.60. The van der Waals surface area contributed by atoms with Crippen molar-refractivity contribution in [2.75, 3.05) is 39.9 Å². The second-order valence-electron chi connectivity index (χ2n) is 6.64. The molecule has 26 heavy (non-hydrogen) atoms. The topological polar surface area (TPSA) is 58.0 Å². The van der Waals surface area contributed by atoms with Gasteiger partial charge in [0.25, 0.3) is 0 Å². The summed E-state index contributed by atoms with van der Waals surface area (Å²) in [6.45, 7) is 6.10. The minimum Gasteiger partial charge on any atom is -0.465 e. The summed E-state index contributed by atoms with van der Waals surface area (Å²) < 4.78 is 11.3. The smallest absolute Gasteiger partial charge is 0.317 e. The van der Waals surface area contributed by atoms with Crippen LogP contribution in [0.5, 0.6) is 0 Å². The van der Waals surface area contributed by atoms with Crippen molar-refractivity contribution >= 4 is 6.03 Å². The Hall–Kier alpha value is -2.31. The number of benzene rings is 1. The molecule has 1 unspecified atom stereocenters. The first-order valence-corrected chi connectivity index (χ1v) is 9.04. The number of furan rings is 1. The number of carbonyl (C=O) groups is 1. The molecule has 1 aromatic carbocycles. The standard InChI is InChI=1S/C20H27N3O3/c1-16-8-9-19(26-16)18(23-10-12-25-13-11-23)14-21-20(24)22(2)15-17-6-4-3-5-7-17/h3-9,18H,10-15H2,1-2H3,(H,21,24). The van der Waals surface area contributed by atoms with Gasteiger partial charge in [-0.15, -0.1) is 0 Å². The Bertz CT molecular complexity index is 695. The van der Waals surface area contributed by atoms with Crippen molar-refractivity contribution in [1.82, 2.24) is 15.1 Å². The van der Waals surface area contributed by atoms with Gasteiger partial charge < -0.3 is 19.4 Å². The van der Waals surface area contributed by atoms with Crippen LogP contribution in [-0.4, -0.2) is 55.7 Å². The first-order valence-electron chi connectivity index (χ1n) is 9.04. The molecule has 3 rings (SSSR count). The predicted molar refractivity (Wildman–Crippen MR) is 99.9 cm³/mol. The molecule has 0 aliphatic carbocycles. The van der Waals surface area contributed by atoms with Crippen molar-refractivity contribution in [2.45, 2.75) is 19.5 Å². The van der Waals surface area contributed by atoms with Crippen LogP contribution in [-0.2, 0) is 11.3 Å². The summed E-state index contributed by atoms with van der Waals surface area (Å²) in [5.41, 5.74) is 1.11. The van der Waals surface area contributed by atoms with Crippen molar-refractivity contribution in [3.8, 4) is 0 Å². The Morgan fingerprint density at radius 2 is 1.92 bits per heavy atom. The van der Waals surface area contributed by atoms with E-state index >= 15 is 0 Å². The SMILES string of the molecule is Cc1ccc(C(CNC(=O)N(C)Cc2ccccc2)N2CCOCC2)o1.